The average molecular weight is 374 g/mol. The Morgan fingerprint density at radius 1 is 1.19 bits per heavy atom. The second kappa shape index (κ2) is 6.41. The minimum atomic E-state index is -3.35. The maximum absolute atomic E-state index is 13.2. The van der Waals surface area contributed by atoms with Gasteiger partial charge >= 0.3 is 0 Å². The molecule has 7 nitrogen and oxygen atoms in total. The van der Waals surface area contributed by atoms with E-state index in [0.717, 1.165) is 5.56 Å². The highest BCUT2D eigenvalue weighted by Crippen LogP contribution is 2.29. The molecule has 0 saturated carbocycles. The number of sulfonamides is 1. The van der Waals surface area contributed by atoms with Crippen molar-refractivity contribution in [1.29, 1.82) is 0 Å². The number of hydrogen-bond donors (Lipinski definition) is 1. The van der Waals surface area contributed by atoms with Crippen molar-refractivity contribution in [3.63, 3.8) is 0 Å². The maximum atomic E-state index is 13.2. The van der Waals surface area contributed by atoms with Gasteiger partial charge in [0.1, 0.15) is 23.9 Å². The van der Waals surface area contributed by atoms with Crippen LogP contribution in [0.25, 0.3) is 11.3 Å². The van der Waals surface area contributed by atoms with Gasteiger partial charge in [-0.1, -0.05) is 17.3 Å². The Kier molecular flexibility index (Phi) is 4.08. The fourth-order valence-corrected chi connectivity index (χ4v) is 3.68. The van der Waals surface area contributed by atoms with E-state index in [-0.39, 0.29) is 24.7 Å². The number of nitrogens with one attached hydrogen (secondary N) is 1. The van der Waals surface area contributed by atoms with Crippen LogP contribution in [0.5, 0.6) is 5.75 Å². The van der Waals surface area contributed by atoms with E-state index in [2.05, 4.69) is 15.0 Å². The quantitative estimate of drug-likeness (QED) is 0.758. The molecule has 1 N–H and O–H groups in total. The molecule has 0 unspecified atom stereocenters. The summed E-state index contributed by atoms with van der Waals surface area (Å²) in [4.78, 5) is 0. The van der Waals surface area contributed by atoms with Crippen molar-refractivity contribution in [2.24, 2.45) is 0 Å². The third kappa shape index (κ3) is 3.38. The van der Waals surface area contributed by atoms with Crippen molar-refractivity contribution in [3.8, 4) is 17.0 Å². The molecule has 0 atom stereocenters. The SMILES string of the molecule is O=S1(=O)CCn2nnc(-c3ccc(OCc4cccc(F)c4)cc3)c2N1. The summed E-state index contributed by atoms with van der Waals surface area (Å²) < 4.78 is 46.4. The molecule has 3 aromatic rings. The molecule has 0 bridgehead atoms. The van der Waals surface area contributed by atoms with Crippen LogP contribution in [0, 0.1) is 5.82 Å². The van der Waals surface area contributed by atoms with Crippen LogP contribution in [0.1, 0.15) is 5.56 Å². The number of rotatable bonds is 4. The van der Waals surface area contributed by atoms with Crippen LogP contribution in [0.15, 0.2) is 48.5 Å². The highest BCUT2D eigenvalue weighted by Gasteiger charge is 2.25. The molecule has 1 aliphatic heterocycles. The van der Waals surface area contributed by atoms with Gasteiger partial charge in [0.15, 0.2) is 5.82 Å². The van der Waals surface area contributed by atoms with Crippen LogP contribution in [-0.4, -0.2) is 29.2 Å². The lowest BCUT2D eigenvalue weighted by Crippen LogP contribution is -2.28. The summed E-state index contributed by atoms with van der Waals surface area (Å²) in [6.45, 7) is 0.519. The van der Waals surface area contributed by atoms with Gasteiger partial charge in [-0.25, -0.2) is 17.5 Å². The van der Waals surface area contributed by atoms with E-state index in [1.807, 2.05) is 0 Å². The Balaban J connectivity index is 1.51. The van der Waals surface area contributed by atoms with E-state index >= 15 is 0 Å². The van der Waals surface area contributed by atoms with Gasteiger partial charge in [-0.3, -0.25) is 4.72 Å². The summed E-state index contributed by atoms with van der Waals surface area (Å²) in [5, 5.41) is 8.05. The van der Waals surface area contributed by atoms with Gasteiger partial charge in [0.2, 0.25) is 10.0 Å². The fraction of sp³-hybridized carbons (Fsp3) is 0.176. The van der Waals surface area contributed by atoms with Crippen LogP contribution in [0.4, 0.5) is 10.2 Å². The van der Waals surface area contributed by atoms with Crippen molar-refractivity contribution in [3.05, 3.63) is 59.9 Å². The van der Waals surface area contributed by atoms with E-state index in [9.17, 15) is 12.8 Å². The number of benzene rings is 2. The number of aryl methyl sites for hydroxylation is 1. The molecule has 0 fully saturated rings. The number of hydrogen-bond acceptors (Lipinski definition) is 5. The summed E-state index contributed by atoms with van der Waals surface area (Å²) in [5.74, 6) is 0.653. The van der Waals surface area contributed by atoms with Crippen molar-refractivity contribution >= 4 is 15.8 Å². The summed E-state index contributed by atoms with van der Waals surface area (Å²) in [7, 11) is -3.35. The zero-order valence-electron chi connectivity index (χ0n) is 13.6. The van der Waals surface area contributed by atoms with Crippen LogP contribution < -0.4 is 9.46 Å². The van der Waals surface area contributed by atoms with Crippen molar-refractivity contribution < 1.29 is 17.5 Å². The van der Waals surface area contributed by atoms with Crippen LogP contribution in [0.2, 0.25) is 0 Å². The van der Waals surface area contributed by atoms with Gasteiger partial charge in [-0.05, 0) is 42.0 Å². The van der Waals surface area contributed by atoms with Crippen molar-refractivity contribution in [2.75, 3.05) is 10.5 Å². The number of fused-ring (bicyclic) bond motifs is 1. The van der Waals surface area contributed by atoms with E-state index in [1.54, 1.807) is 36.4 Å². The lowest BCUT2D eigenvalue weighted by atomic mass is 10.1. The molecule has 1 aliphatic rings. The smallest absolute Gasteiger partial charge is 0.235 e. The molecular formula is C17H15FN4O3S. The molecule has 0 spiro atoms. The lowest BCUT2D eigenvalue weighted by Gasteiger charge is -2.16. The molecule has 0 amide bonds. The normalized spacial score (nSPS) is 15.1. The van der Waals surface area contributed by atoms with E-state index in [1.165, 1.54) is 16.8 Å². The van der Waals surface area contributed by atoms with E-state index in [0.29, 0.717) is 22.8 Å². The Bertz CT molecular complexity index is 1050. The first kappa shape index (κ1) is 16.5. The van der Waals surface area contributed by atoms with Crippen molar-refractivity contribution in [1.82, 2.24) is 15.0 Å². The Morgan fingerprint density at radius 2 is 2.00 bits per heavy atom. The molecule has 2 aromatic carbocycles. The number of nitrogens with zero attached hydrogens (tertiary/aromatic N) is 3. The largest absolute Gasteiger partial charge is 0.489 e. The minimum Gasteiger partial charge on any atom is -0.489 e. The summed E-state index contributed by atoms with van der Waals surface area (Å²) in [5.41, 5.74) is 1.91. The van der Waals surface area contributed by atoms with Crippen LogP contribution >= 0.6 is 0 Å². The van der Waals surface area contributed by atoms with Gasteiger partial charge in [-0.2, -0.15) is 0 Å². The lowest BCUT2D eigenvalue weighted by molar-refractivity contribution is 0.305. The average Bonchev–Trinajstić information content (AvgIpc) is 3.02. The van der Waals surface area contributed by atoms with Gasteiger partial charge < -0.3 is 4.74 Å². The van der Waals surface area contributed by atoms with Gasteiger partial charge in [-0.15, -0.1) is 5.10 Å². The van der Waals surface area contributed by atoms with Crippen LogP contribution in [0.3, 0.4) is 0 Å². The minimum absolute atomic E-state index is 0.0182. The molecule has 1 aromatic heterocycles. The predicted molar refractivity (Wildman–Crippen MR) is 93.6 cm³/mol. The monoisotopic (exact) mass is 374 g/mol. The highest BCUT2D eigenvalue weighted by atomic mass is 32.2. The zero-order chi connectivity index (χ0) is 18.1. The Morgan fingerprint density at radius 3 is 2.77 bits per heavy atom. The molecule has 2 heterocycles. The summed E-state index contributed by atoms with van der Waals surface area (Å²) in [6.07, 6.45) is 0. The first-order chi connectivity index (χ1) is 12.5. The van der Waals surface area contributed by atoms with Gasteiger partial charge in [0.25, 0.3) is 0 Å². The number of ether oxygens (including phenoxy) is 1. The molecule has 0 aliphatic carbocycles. The number of anilines is 1. The van der Waals surface area contributed by atoms with Crippen molar-refractivity contribution in [2.45, 2.75) is 13.2 Å². The molecule has 134 valence electrons. The maximum Gasteiger partial charge on any atom is 0.235 e. The number of aromatic nitrogens is 3. The van der Waals surface area contributed by atoms with Crippen LogP contribution in [-0.2, 0) is 23.2 Å². The summed E-state index contributed by atoms with van der Waals surface area (Å²) >= 11 is 0. The summed E-state index contributed by atoms with van der Waals surface area (Å²) in [6, 6.07) is 13.3. The fourth-order valence-electron chi connectivity index (χ4n) is 2.67. The molecule has 4 rings (SSSR count). The Hall–Kier alpha value is -2.94. The second-order valence-electron chi connectivity index (χ2n) is 5.87. The van der Waals surface area contributed by atoms with E-state index < -0.39 is 10.0 Å². The first-order valence-electron chi connectivity index (χ1n) is 7.92. The predicted octanol–water partition coefficient (Wildman–Crippen LogP) is 2.42. The second-order valence-corrected chi connectivity index (χ2v) is 7.72. The number of halogens is 1. The van der Waals surface area contributed by atoms with E-state index in [4.69, 9.17) is 4.74 Å². The molecule has 9 heteroatoms. The molecular weight excluding hydrogens is 359 g/mol. The molecule has 26 heavy (non-hydrogen) atoms. The third-order valence-electron chi connectivity index (χ3n) is 3.98. The molecule has 0 saturated heterocycles. The highest BCUT2D eigenvalue weighted by molar-refractivity contribution is 7.92. The standard InChI is InChI=1S/C17H15FN4O3S/c18-14-3-1-2-12(10-14)11-25-15-6-4-13(5-7-15)16-17-20-26(23,24)9-8-22(17)21-19-16/h1-7,10,20H,8-9,11H2. The molecule has 0 radical (unpaired) electrons. The topological polar surface area (TPSA) is 86.1 Å². The van der Waals surface area contributed by atoms with Gasteiger partial charge in [0, 0.05) is 5.56 Å². The van der Waals surface area contributed by atoms with Gasteiger partial charge in [0.05, 0.1) is 12.3 Å². The third-order valence-corrected chi connectivity index (χ3v) is 5.21. The zero-order valence-corrected chi connectivity index (χ0v) is 14.4. The Labute approximate surface area is 149 Å². The first-order valence-corrected chi connectivity index (χ1v) is 9.57.